The van der Waals surface area contributed by atoms with Crippen molar-refractivity contribution >= 4 is 55.1 Å². The molecule has 0 aromatic heterocycles. The lowest BCUT2D eigenvalue weighted by Crippen LogP contribution is -2.56. The van der Waals surface area contributed by atoms with Crippen LogP contribution in [0.1, 0.15) is 31.9 Å². The topological polar surface area (TPSA) is 86.8 Å². The van der Waals surface area contributed by atoms with E-state index in [1.165, 1.54) is 29.2 Å². The van der Waals surface area contributed by atoms with Crippen molar-refractivity contribution in [2.75, 3.05) is 10.8 Å². The Morgan fingerprint density at radius 3 is 1.95 bits per heavy atom. The van der Waals surface area contributed by atoms with Crippen LogP contribution in [0.2, 0.25) is 5.02 Å². The van der Waals surface area contributed by atoms with Crippen molar-refractivity contribution in [3.05, 3.63) is 130 Å². The van der Waals surface area contributed by atoms with Gasteiger partial charge in [0.25, 0.3) is 10.0 Å². The molecule has 0 fully saturated rings. The van der Waals surface area contributed by atoms with E-state index < -0.39 is 34.1 Å². The highest BCUT2D eigenvalue weighted by Gasteiger charge is 2.35. The monoisotopic (exact) mass is 695 g/mol. The van der Waals surface area contributed by atoms with Gasteiger partial charge >= 0.3 is 0 Å². The van der Waals surface area contributed by atoms with Gasteiger partial charge in [0.2, 0.25) is 11.8 Å². The molecule has 230 valence electrons. The Labute approximate surface area is 273 Å². The molecule has 0 aliphatic rings. The van der Waals surface area contributed by atoms with Crippen LogP contribution in [-0.4, -0.2) is 43.3 Å². The molecule has 1 atom stereocenters. The number of anilines is 1. The van der Waals surface area contributed by atoms with Gasteiger partial charge in [-0.25, -0.2) is 8.42 Å². The highest BCUT2D eigenvalue weighted by molar-refractivity contribution is 9.10. The predicted molar refractivity (Wildman–Crippen MR) is 179 cm³/mol. The zero-order chi connectivity index (χ0) is 31.9. The fourth-order valence-corrected chi connectivity index (χ4v) is 6.45. The fourth-order valence-electron chi connectivity index (χ4n) is 4.65. The smallest absolute Gasteiger partial charge is 0.264 e. The number of para-hydroxylation sites is 1. The van der Waals surface area contributed by atoms with Crippen molar-refractivity contribution in [2.45, 2.75) is 50.2 Å². The van der Waals surface area contributed by atoms with Crippen LogP contribution in [-0.2, 0) is 32.6 Å². The summed E-state index contributed by atoms with van der Waals surface area (Å²) in [4.78, 5) is 29.8. The summed E-state index contributed by atoms with van der Waals surface area (Å²) in [6, 6.07) is 30.2. The van der Waals surface area contributed by atoms with E-state index in [9.17, 15) is 18.0 Å². The third-order valence-corrected chi connectivity index (χ3v) is 9.33. The maximum Gasteiger partial charge on any atom is 0.264 e. The van der Waals surface area contributed by atoms with Crippen LogP contribution in [0.3, 0.4) is 0 Å². The fraction of sp³-hybridized carbons (Fsp3) is 0.235. The van der Waals surface area contributed by atoms with Crippen molar-refractivity contribution in [1.29, 1.82) is 0 Å². The molecular formula is C34H35BrClN3O4S. The number of nitrogens with one attached hydrogen (secondary N) is 1. The Hall–Kier alpha value is -3.66. The lowest BCUT2D eigenvalue weighted by molar-refractivity contribution is -0.140. The molecule has 2 amide bonds. The molecule has 4 aromatic rings. The number of nitrogens with zero attached hydrogens (tertiary/aromatic N) is 2. The molecule has 0 bridgehead atoms. The Morgan fingerprint density at radius 1 is 0.818 bits per heavy atom. The van der Waals surface area contributed by atoms with E-state index in [1.807, 2.05) is 75.4 Å². The molecule has 0 unspecified atom stereocenters. The molecule has 0 saturated carbocycles. The third-order valence-electron chi connectivity index (χ3n) is 6.76. The van der Waals surface area contributed by atoms with Gasteiger partial charge in [0.1, 0.15) is 12.6 Å². The predicted octanol–water partition coefficient (Wildman–Crippen LogP) is 6.85. The second kappa shape index (κ2) is 14.4. The van der Waals surface area contributed by atoms with E-state index in [0.717, 1.165) is 19.9 Å². The number of hydrogen-bond acceptors (Lipinski definition) is 4. The van der Waals surface area contributed by atoms with Crippen molar-refractivity contribution in [3.63, 3.8) is 0 Å². The van der Waals surface area contributed by atoms with Crippen LogP contribution >= 0.6 is 27.5 Å². The summed E-state index contributed by atoms with van der Waals surface area (Å²) in [5.74, 6) is -0.863. The number of amides is 2. The first-order chi connectivity index (χ1) is 20.8. The largest absolute Gasteiger partial charge is 0.350 e. The number of sulfonamides is 1. The Kier molecular flexibility index (Phi) is 10.9. The van der Waals surface area contributed by atoms with E-state index in [-0.39, 0.29) is 23.8 Å². The number of halogens is 2. The molecule has 44 heavy (non-hydrogen) atoms. The minimum atomic E-state index is -4.19. The van der Waals surface area contributed by atoms with E-state index in [1.54, 1.807) is 30.3 Å². The van der Waals surface area contributed by atoms with E-state index in [0.29, 0.717) is 10.7 Å². The summed E-state index contributed by atoms with van der Waals surface area (Å²) in [5.41, 5.74) is 1.41. The van der Waals surface area contributed by atoms with Gasteiger partial charge in [-0.05, 0) is 80.4 Å². The van der Waals surface area contributed by atoms with E-state index in [4.69, 9.17) is 11.6 Å². The van der Waals surface area contributed by atoms with Crippen molar-refractivity contribution < 1.29 is 18.0 Å². The molecule has 10 heteroatoms. The molecule has 0 aliphatic carbocycles. The molecule has 0 saturated heterocycles. The Morgan fingerprint density at radius 2 is 1.39 bits per heavy atom. The standard InChI is InChI=1S/C34H35BrClN3O4S/c1-34(2,3)37-33(41)31(22-25-10-6-4-7-11-25)38(23-26-14-16-27(35)17-15-26)32(40)24-39(29-12-8-5-9-13-29)44(42,43)30-20-18-28(36)19-21-30/h4-21,31H,22-24H2,1-3H3,(H,37,41)/t31-/m0/s1. The first kappa shape index (κ1) is 33.2. The third kappa shape index (κ3) is 8.94. The quantitative estimate of drug-likeness (QED) is 0.186. The summed E-state index contributed by atoms with van der Waals surface area (Å²) < 4.78 is 30.0. The van der Waals surface area contributed by atoms with Crippen LogP contribution in [0, 0.1) is 0 Å². The van der Waals surface area contributed by atoms with E-state index in [2.05, 4.69) is 21.2 Å². The number of rotatable bonds is 11. The Balaban J connectivity index is 1.79. The highest BCUT2D eigenvalue weighted by atomic mass is 79.9. The normalized spacial score (nSPS) is 12.3. The van der Waals surface area contributed by atoms with Gasteiger partial charge in [-0.15, -0.1) is 0 Å². The molecule has 4 rings (SSSR count). The number of carbonyl (C=O) groups excluding carboxylic acids is 2. The summed E-state index contributed by atoms with van der Waals surface area (Å²) in [6.07, 6.45) is 0.236. The zero-order valence-electron chi connectivity index (χ0n) is 24.8. The highest BCUT2D eigenvalue weighted by Crippen LogP contribution is 2.26. The van der Waals surface area contributed by atoms with Crippen LogP contribution in [0.4, 0.5) is 5.69 Å². The van der Waals surface area contributed by atoms with Gasteiger partial charge in [0.15, 0.2) is 0 Å². The van der Waals surface area contributed by atoms with Crippen molar-refractivity contribution in [1.82, 2.24) is 10.2 Å². The van der Waals surface area contributed by atoms with Gasteiger partial charge in [-0.1, -0.05) is 88.2 Å². The van der Waals surface area contributed by atoms with Gasteiger partial charge in [-0.3, -0.25) is 13.9 Å². The molecule has 4 aromatic carbocycles. The number of benzene rings is 4. The average molecular weight is 697 g/mol. The maximum absolute atomic E-state index is 14.4. The summed E-state index contributed by atoms with van der Waals surface area (Å²) >= 11 is 9.49. The second-order valence-electron chi connectivity index (χ2n) is 11.4. The van der Waals surface area contributed by atoms with Gasteiger partial charge in [-0.2, -0.15) is 0 Å². The minimum Gasteiger partial charge on any atom is -0.350 e. The number of carbonyl (C=O) groups is 2. The molecule has 1 N–H and O–H groups in total. The first-order valence-corrected chi connectivity index (χ1v) is 16.7. The molecule has 7 nitrogen and oxygen atoms in total. The van der Waals surface area contributed by atoms with Crippen LogP contribution in [0.5, 0.6) is 0 Å². The van der Waals surface area contributed by atoms with Crippen LogP contribution in [0.25, 0.3) is 0 Å². The van der Waals surface area contributed by atoms with Gasteiger partial charge in [0.05, 0.1) is 10.6 Å². The molecule has 0 spiro atoms. The summed E-state index contributed by atoms with van der Waals surface area (Å²) in [5, 5.41) is 3.42. The first-order valence-electron chi connectivity index (χ1n) is 14.1. The second-order valence-corrected chi connectivity index (χ2v) is 14.6. The number of hydrogen-bond donors (Lipinski definition) is 1. The lowest BCUT2D eigenvalue weighted by atomic mass is 10.0. The zero-order valence-corrected chi connectivity index (χ0v) is 27.9. The Bertz CT molecular complexity index is 1660. The van der Waals surface area contributed by atoms with Gasteiger partial charge < -0.3 is 10.2 Å². The van der Waals surface area contributed by atoms with Crippen LogP contribution in [0.15, 0.2) is 119 Å². The maximum atomic E-state index is 14.4. The summed E-state index contributed by atoms with van der Waals surface area (Å²) in [7, 11) is -4.19. The molecule has 0 radical (unpaired) electrons. The molecule has 0 heterocycles. The van der Waals surface area contributed by atoms with Crippen LogP contribution < -0.4 is 9.62 Å². The van der Waals surface area contributed by atoms with Gasteiger partial charge in [0, 0.05) is 28.0 Å². The van der Waals surface area contributed by atoms with Crippen molar-refractivity contribution in [2.24, 2.45) is 0 Å². The van der Waals surface area contributed by atoms with E-state index >= 15 is 0 Å². The average Bonchev–Trinajstić information content (AvgIpc) is 2.98. The lowest BCUT2D eigenvalue weighted by Gasteiger charge is -2.35. The molecular weight excluding hydrogens is 662 g/mol. The minimum absolute atomic E-state index is 0.00989. The molecule has 0 aliphatic heterocycles. The van der Waals surface area contributed by atoms with Crippen molar-refractivity contribution in [3.8, 4) is 0 Å². The SMILES string of the molecule is CC(C)(C)NC(=O)[C@H](Cc1ccccc1)N(Cc1ccc(Br)cc1)C(=O)CN(c1ccccc1)S(=O)(=O)c1ccc(Cl)cc1. The summed E-state index contributed by atoms with van der Waals surface area (Å²) in [6.45, 7) is 5.19.